The van der Waals surface area contributed by atoms with Crippen molar-refractivity contribution in [1.82, 2.24) is 4.90 Å². The number of ether oxygens (including phenoxy) is 2. The van der Waals surface area contributed by atoms with Crippen LogP contribution in [0.4, 0.5) is 4.39 Å². The lowest BCUT2D eigenvalue weighted by Gasteiger charge is -2.28. The minimum absolute atomic E-state index is 0.283. The molecular weight excluding hydrogens is 497 g/mol. The summed E-state index contributed by atoms with van der Waals surface area (Å²) in [7, 11) is 3.20. The van der Waals surface area contributed by atoms with E-state index in [0.29, 0.717) is 53.8 Å². The first-order valence-corrected chi connectivity index (χ1v) is 12.6. The summed E-state index contributed by atoms with van der Waals surface area (Å²) in [5.74, 6) is 2.88. The number of aliphatic hydroxyl groups is 1. The number of hydrogen-bond acceptors (Lipinski definition) is 6. The van der Waals surface area contributed by atoms with Gasteiger partial charge in [-0.15, -0.1) is 0 Å². The normalized spacial score (nSPS) is 11.6. The monoisotopic (exact) mass is 527 g/mol. The van der Waals surface area contributed by atoms with Crippen molar-refractivity contribution in [2.24, 2.45) is 0 Å². The van der Waals surface area contributed by atoms with E-state index in [0.717, 1.165) is 11.3 Å². The molecule has 39 heavy (non-hydrogen) atoms. The first kappa shape index (κ1) is 26.3. The summed E-state index contributed by atoms with van der Waals surface area (Å²) in [6.07, 6.45) is 1.63. The molecule has 0 saturated heterocycles. The van der Waals surface area contributed by atoms with Gasteiger partial charge in [0.1, 0.15) is 34.6 Å². The van der Waals surface area contributed by atoms with Crippen LogP contribution in [-0.2, 0) is 25.2 Å². The first-order valence-electron chi connectivity index (χ1n) is 12.6. The van der Waals surface area contributed by atoms with Gasteiger partial charge in [0, 0.05) is 6.54 Å². The Morgan fingerprint density at radius 3 is 1.95 bits per heavy atom. The molecule has 0 unspecified atom stereocenters. The van der Waals surface area contributed by atoms with Gasteiger partial charge in [0.2, 0.25) is 0 Å². The molecular formula is C32H30FNO5. The van der Waals surface area contributed by atoms with Crippen LogP contribution in [0.3, 0.4) is 0 Å². The second kappa shape index (κ2) is 11.6. The molecule has 1 N–H and O–H groups in total. The Kier molecular flexibility index (Phi) is 7.81. The molecule has 5 rings (SSSR count). The van der Waals surface area contributed by atoms with Crippen LogP contribution in [0.25, 0.3) is 0 Å². The highest BCUT2D eigenvalue weighted by Crippen LogP contribution is 2.39. The number of methoxy groups -OCH3 is 2. The minimum atomic E-state index is -1.56. The quantitative estimate of drug-likeness (QED) is 0.211. The lowest BCUT2D eigenvalue weighted by Crippen LogP contribution is -2.28. The van der Waals surface area contributed by atoms with Crippen LogP contribution in [0.5, 0.6) is 11.5 Å². The molecule has 0 bridgehead atoms. The molecule has 0 radical (unpaired) electrons. The highest BCUT2D eigenvalue weighted by molar-refractivity contribution is 5.46. The largest absolute Gasteiger partial charge is 0.497 e. The van der Waals surface area contributed by atoms with Gasteiger partial charge in [0.25, 0.3) is 0 Å². The van der Waals surface area contributed by atoms with E-state index in [-0.39, 0.29) is 5.82 Å². The maximum atomic E-state index is 13.9. The molecule has 0 aliphatic heterocycles. The molecule has 0 amide bonds. The van der Waals surface area contributed by atoms with Crippen molar-refractivity contribution in [2.75, 3.05) is 14.2 Å². The molecule has 6 nitrogen and oxygen atoms in total. The molecule has 0 fully saturated rings. The van der Waals surface area contributed by atoms with Crippen molar-refractivity contribution in [3.8, 4) is 11.5 Å². The fourth-order valence-electron chi connectivity index (χ4n) is 4.68. The summed E-state index contributed by atoms with van der Waals surface area (Å²) >= 11 is 0. The van der Waals surface area contributed by atoms with E-state index >= 15 is 0 Å². The number of rotatable bonds is 11. The molecule has 0 spiro atoms. The Morgan fingerprint density at radius 2 is 1.38 bits per heavy atom. The van der Waals surface area contributed by atoms with Gasteiger partial charge in [-0.2, -0.15) is 0 Å². The van der Waals surface area contributed by atoms with E-state index in [1.807, 2.05) is 48.5 Å². The zero-order valence-electron chi connectivity index (χ0n) is 21.8. The molecule has 7 heteroatoms. The fourth-order valence-corrected chi connectivity index (χ4v) is 4.68. The van der Waals surface area contributed by atoms with Crippen molar-refractivity contribution in [3.05, 3.63) is 143 Å². The third-order valence-electron chi connectivity index (χ3n) is 6.67. The number of hydrogen-bond donors (Lipinski definition) is 1. The van der Waals surface area contributed by atoms with Crippen LogP contribution in [0.1, 0.15) is 34.0 Å². The molecule has 0 saturated carbocycles. The molecule has 5 aromatic rings. The van der Waals surface area contributed by atoms with Gasteiger partial charge in [-0.3, -0.25) is 4.90 Å². The Labute approximate surface area is 226 Å². The highest BCUT2D eigenvalue weighted by atomic mass is 19.1. The standard InChI is InChI=1S/C32H30FNO5/c1-36-27-12-8-24(9-13-27)32(35,25-10-14-28(37-2)15-11-25)31-17-16-30(39-31)22-34(21-29-7-4-18-38-29)20-23-5-3-6-26(33)19-23/h3-19,35H,20-22H2,1-2H3. The second-order valence-corrected chi connectivity index (χ2v) is 9.29. The van der Waals surface area contributed by atoms with Crippen molar-refractivity contribution in [1.29, 1.82) is 0 Å². The number of furan rings is 2. The molecule has 2 heterocycles. The van der Waals surface area contributed by atoms with E-state index in [9.17, 15) is 9.50 Å². The summed E-state index contributed by atoms with van der Waals surface area (Å²) in [6.45, 7) is 1.40. The fraction of sp³-hybridized carbons (Fsp3) is 0.188. The van der Waals surface area contributed by atoms with Crippen LogP contribution in [-0.4, -0.2) is 24.2 Å². The smallest absolute Gasteiger partial charge is 0.173 e. The maximum absolute atomic E-state index is 13.9. The summed E-state index contributed by atoms with van der Waals surface area (Å²) in [6, 6.07) is 28.4. The topological polar surface area (TPSA) is 68.2 Å². The molecule has 0 aliphatic carbocycles. The summed E-state index contributed by atoms with van der Waals surface area (Å²) < 4.78 is 36.4. The first-order chi connectivity index (χ1) is 19.0. The van der Waals surface area contributed by atoms with Gasteiger partial charge in [-0.05, 0) is 77.4 Å². The third kappa shape index (κ3) is 5.90. The Morgan fingerprint density at radius 1 is 0.744 bits per heavy atom. The third-order valence-corrected chi connectivity index (χ3v) is 6.67. The molecule has 2 aromatic heterocycles. The summed E-state index contributed by atoms with van der Waals surface area (Å²) in [4.78, 5) is 2.09. The Balaban J connectivity index is 1.47. The van der Waals surface area contributed by atoms with E-state index in [4.69, 9.17) is 18.3 Å². The van der Waals surface area contributed by atoms with Gasteiger partial charge >= 0.3 is 0 Å². The van der Waals surface area contributed by atoms with Crippen LogP contribution in [0.15, 0.2) is 112 Å². The maximum Gasteiger partial charge on any atom is 0.173 e. The van der Waals surface area contributed by atoms with E-state index < -0.39 is 5.60 Å². The number of nitrogens with zero attached hydrogens (tertiary/aromatic N) is 1. The predicted octanol–water partition coefficient (Wildman–Crippen LogP) is 6.52. The molecule has 0 atom stereocenters. The zero-order valence-corrected chi connectivity index (χ0v) is 21.8. The number of benzene rings is 3. The molecule has 200 valence electrons. The van der Waals surface area contributed by atoms with Gasteiger partial charge in [0.05, 0.1) is 33.6 Å². The number of halogens is 1. The highest BCUT2D eigenvalue weighted by Gasteiger charge is 2.37. The average molecular weight is 528 g/mol. The lowest BCUT2D eigenvalue weighted by atomic mass is 9.84. The van der Waals surface area contributed by atoms with E-state index in [1.54, 1.807) is 56.9 Å². The van der Waals surface area contributed by atoms with Crippen LogP contribution < -0.4 is 9.47 Å². The van der Waals surface area contributed by atoms with Gasteiger partial charge in [-0.1, -0.05) is 36.4 Å². The van der Waals surface area contributed by atoms with Crippen LogP contribution in [0.2, 0.25) is 0 Å². The molecule has 0 aliphatic rings. The lowest BCUT2D eigenvalue weighted by molar-refractivity contribution is 0.0946. The van der Waals surface area contributed by atoms with Gasteiger partial charge in [0.15, 0.2) is 5.60 Å². The summed E-state index contributed by atoms with van der Waals surface area (Å²) in [5.41, 5.74) is 0.523. The van der Waals surface area contributed by atoms with E-state index in [2.05, 4.69) is 4.90 Å². The van der Waals surface area contributed by atoms with Crippen molar-refractivity contribution >= 4 is 0 Å². The summed E-state index contributed by atoms with van der Waals surface area (Å²) in [5, 5.41) is 12.2. The molecule has 3 aromatic carbocycles. The van der Waals surface area contributed by atoms with Gasteiger partial charge in [-0.25, -0.2) is 4.39 Å². The predicted molar refractivity (Wildman–Crippen MR) is 145 cm³/mol. The van der Waals surface area contributed by atoms with E-state index in [1.165, 1.54) is 12.1 Å². The second-order valence-electron chi connectivity index (χ2n) is 9.29. The van der Waals surface area contributed by atoms with Crippen LogP contribution >= 0.6 is 0 Å². The average Bonchev–Trinajstić information content (AvgIpc) is 3.65. The Hall–Kier alpha value is -4.33. The van der Waals surface area contributed by atoms with Crippen molar-refractivity contribution in [2.45, 2.75) is 25.2 Å². The van der Waals surface area contributed by atoms with Crippen molar-refractivity contribution in [3.63, 3.8) is 0 Å². The van der Waals surface area contributed by atoms with Crippen molar-refractivity contribution < 1.29 is 27.8 Å². The minimum Gasteiger partial charge on any atom is -0.497 e. The van der Waals surface area contributed by atoms with Crippen LogP contribution in [0, 0.1) is 5.82 Å². The zero-order chi connectivity index (χ0) is 27.2. The Bertz CT molecular complexity index is 1430. The SMILES string of the molecule is COc1ccc(C(O)(c2ccc(OC)cc2)c2ccc(CN(Cc3cccc(F)c3)Cc3ccco3)o2)cc1. The van der Waals surface area contributed by atoms with Gasteiger partial charge < -0.3 is 23.4 Å².